The van der Waals surface area contributed by atoms with Gasteiger partial charge >= 0.3 is 0 Å². The summed E-state index contributed by atoms with van der Waals surface area (Å²) in [6.07, 6.45) is 3.85. The van der Waals surface area contributed by atoms with Crippen molar-refractivity contribution >= 4 is 28.7 Å². The first-order valence-corrected chi connectivity index (χ1v) is 14.3. The number of para-hydroxylation sites is 2. The van der Waals surface area contributed by atoms with Gasteiger partial charge in [-0.05, 0) is 86.9 Å². The number of piperidine rings is 1. The van der Waals surface area contributed by atoms with E-state index in [1.807, 2.05) is 36.4 Å². The fourth-order valence-electron chi connectivity index (χ4n) is 6.19. The number of hydrogen-bond donors (Lipinski definition) is 2. The van der Waals surface area contributed by atoms with Crippen LogP contribution in [0.3, 0.4) is 0 Å². The van der Waals surface area contributed by atoms with Crippen molar-refractivity contribution in [2.75, 3.05) is 20.1 Å². The van der Waals surface area contributed by atoms with Gasteiger partial charge in [0.15, 0.2) is 5.78 Å². The highest BCUT2D eigenvalue weighted by Gasteiger charge is 2.38. The van der Waals surface area contributed by atoms with Crippen LogP contribution in [-0.2, 0) is 0 Å². The SMILES string of the molecule is CN1CCC(c2ccc(-c3ccc4c(n3)C(=O)C(C(c3nc5ccccc5[nH]3)c3cc(F)ccc3O)C=N4)cc2)CC1. The number of phenolic OH excluding ortho intramolecular Hbond substituents is 1. The lowest BCUT2D eigenvalue weighted by Crippen LogP contribution is -2.29. The van der Waals surface area contributed by atoms with Crippen molar-refractivity contribution in [3.8, 4) is 17.0 Å². The average molecular weight is 560 g/mol. The quantitative estimate of drug-likeness (QED) is 0.252. The van der Waals surface area contributed by atoms with E-state index in [9.17, 15) is 14.3 Å². The zero-order valence-electron chi connectivity index (χ0n) is 23.2. The molecule has 7 rings (SSSR count). The Hall–Kier alpha value is -4.69. The number of nitrogens with zero attached hydrogens (tertiary/aromatic N) is 4. The minimum atomic E-state index is -0.861. The Morgan fingerprint density at radius 1 is 0.976 bits per heavy atom. The van der Waals surface area contributed by atoms with Crippen molar-refractivity contribution in [3.05, 3.63) is 107 Å². The number of aromatic nitrogens is 3. The molecule has 2 aromatic heterocycles. The number of fused-ring (bicyclic) bond motifs is 2. The van der Waals surface area contributed by atoms with Gasteiger partial charge in [-0.25, -0.2) is 14.4 Å². The molecule has 0 saturated carbocycles. The van der Waals surface area contributed by atoms with Crippen molar-refractivity contribution in [1.82, 2.24) is 19.9 Å². The Labute approximate surface area is 242 Å². The van der Waals surface area contributed by atoms with E-state index in [0.717, 1.165) is 37.0 Å². The van der Waals surface area contributed by atoms with E-state index < -0.39 is 17.7 Å². The van der Waals surface area contributed by atoms with E-state index in [-0.39, 0.29) is 22.8 Å². The Balaban J connectivity index is 1.24. The first-order valence-electron chi connectivity index (χ1n) is 14.3. The molecule has 4 heterocycles. The molecule has 210 valence electrons. The smallest absolute Gasteiger partial charge is 0.192 e. The van der Waals surface area contributed by atoms with Crippen LogP contribution in [0.1, 0.15) is 52.1 Å². The lowest BCUT2D eigenvalue weighted by Gasteiger charge is -2.29. The number of ketones is 1. The molecule has 2 N–H and O–H groups in total. The summed E-state index contributed by atoms with van der Waals surface area (Å²) in [5, 5.41) is 10.8. The summed E-state index contributed by atoms with van der Waals surface area (Å²) in [6.45, 7) is 2.20. The third kappa shape index (κ3) is 4.77. The third-order valence-corrected chi connectivity index (χ3v) is 8.57. The predicted molar refractivity (Wildman–Crippen MR) is 161 cm³/mol. The van der Waals surface area contributed by atoms with Crippen LogP contribution in [-0.4, -0.2) is 57.1 Å². The van der Waals surface area contributed by atoms with Gasteiger partial charge in [-0.3, -0.25) is 9.79 Å². The number of Topliss-reactive ketones (excluding diaryl/α,β-unsaturated/α-hetero) is 1. The molecule has 1 fully saturated rings. The van der Waals surface area contributed by atoms with Crippen LogP contribution in [0.4, 0.5) is 10.1 Å². The van der Waals surface area contributed by atoms with Crippen LogP contribution in [0.5, 0.6) is 5.75 Å². The number of carbonyl (C=O) groups is 1. The maximum absolute atomic E-state index is 14.5. The van der Waals surface area contributed by atoms with E-state index in [2.05, 4.69) is 46.2 Å². The number of aromatic amines is 1. The molecular formula is C34H30FN5O2. The van der Waals surface area contributed by atoms with Gasteiger partial charge in [0.05, 0.1) is 34.3 Å². The molecule has 0 aliphatic carbocycles. The molecule has 8 heteroatoms. The first kappa shape index (κ1) is 26.2. The number of H-pyrrole nitrogens is 1. The fraction of sp³-hybridized carbons (Fsp3) is 0.235. The van der Waals surface area contributed by atoms with Crippen molar-refractivity contribution in [1.29, 1.82) is 0 Å². The summed E-state index contributed by atoms with van der Waals surface area (Å²) >= 11 is 0. The van der Waals surface area contributed by atoms with Gasteiger partial charge in [0.25, 0.3) is 0 Å². The van der Waals surface area contributed by atoms with E-state index in [1.54, 1.807) is 6.21 Å². The molecule has 1 saturated heterocycles. The lowest BCUT2D eigenvalue weighted by atomic mass is 9.80. The Kier molecular flexibility index (Phi) is 6.63. The van der Waals surface area contributed by atoms with Crippen LogP contribution in [0.2, 0.25) is 0 Å². The van der Waals surface area contributed by atoms with Crippen molar-refractivity contribution in [3.63, 3.8) is 0 Å². The molecule has 0 amide bonds. The third-order valence-electron chi connectivity index (χ3n) is 8.57. The van der Waals surface area contributed by atoms with Crippen molar-refractivity contribution in [2.24, 2.45) is 10.9 Å². The molecule has 3 aromatic carbocycles. The topological polar surface area (TPSA) is 94.5 Å². The summed E-state index contributed by atoms with van der Waals surface area (Å²) < 4.78 is 14.5. The predicted octanol–water partition coefficient (Wildman–Crippen LogP) is 6.63. The number of benzene rings is 3. The highest BCUT2D eigenvalue weighted by atomic mass is 19.1. The monoisotopic (exact) mass is 559 g/mol. The summed E-state index contributed by atoms with van der Waals surface area (Å²) in [5.74, 6) is -1.59. The second kappa shape index (κ2) is 10.6. The number of halogens is 1. The number of rotatable bonds is 5. The highest BCUT2D eigenvalue weighted by molar-refractivity contribution is 6.12. The van der Waals surface area contributed by atoms with E-state index in [4.69, 9.17) is 9.97 Å². The summed E-state index contributed by atoms with van der Waals surface area (Å²) in [7, 11) is 2.16. The lowest BCUT2D eigenvalue weighted by molar-refractivity contribution is 0.0940. The van der Waals surface area contributed by atoms with Gasteiger partial charge in [-0.2, -0.15) is 0 Å². The zero-order chi connectivity index (χ0) is 28.8. The minimum absolute atomic E-state index is 0.125. The molecule has 2 unspecified atom stereocenters. The number of likely N-dealkylation sites (tertiary alicyclic amines) is 1. The molecule has 0 bridgehead atoms. The molecule has 2 aliphatic rings. The van der Waals surface area contributed by atoms with E-state index >= 15 is 0 Å². The Morgan fingerprint density at radius 2 is 1.76 bits per heavy atom. The number of aromatic hydroxyl groups is 1. The number of hydrogen-bond acceptors (Lipinski definition) is 6. The van der Waals surface area contributed by atoms with Gasteiger partial charge < -0.3 is 15.0 Å². The number of phenols is 1. The average Bonchev–Trinajstić information content (AvgIpc) is 3.44. The van der Waals surface area contributed by atoms with Gasteiger partial charge in [-0.1, -0.05) is 36.4 Å². The van der Waals surface area contributed by atoms with Gasteiger partial charge in [0, 0.05) is 17.3 Å². The largest absolute Gasteiger partial charge is 0.508 e. The molecule has 0 spiro atoms. The minimum Gasteiger partial charge on any atom is -0.508 e. The van der Waals surface area contributed by atoms with Gasteiger partial charge in [-0.15, -0.1) is 0 Å². The van der Waals surface area contributed by atoms with E-state index in [0.29, 0.717) is 28.6 Å². The number of pyridine rings is 1. The van der Waals surface area contributed by atoms with Crippen molar-refractivity contribution < 1.29 is 14.3 Å². The van der Waals surface area contributed by atoms with Crippen LogP contribution >= 0.6 is 0 Å². The van der Waals surface area contributed by atoms with Gasteiger partial charge in [0.2, 0.25) is 0 Å². The molecule has 0 radical (unpaired) electrons. The second-order valence-electron chi connectivity index (χ2n) is 11.3. The summed E-state index contributed by atoms with van der Waals surface area (Å²) in [6, 6.07) is 23.4. The van der Waals surface area contributed by atoms with Crippen LogP contribution in [0, 0.1) is 11.7 Å². The number of carbonyl (C=O) groups excluding carboxylic acids is 1. The number of nitrogens with one attached hydrogen (secondary N) is 1. The molecule has 42 heavy (non-hydrogen) atoms. The number of imidazole rings is 1. The first-order chi connectivity index (χ1) is 20.4. The van der Waals surface area contributed by atoms with Crippen LogP contribution in [0.15, 0.2) is 83.9 Å². The zero-order valence-corrected chi connectivity index (χ0v) is 23.2. The van der Waals surface area contributed by atoms with Crippen LogP contribution in [0.25, 0.3) is 22.3 Å². The standard InChI is InChI=1S/C34H30FN5O2/c1-40-16-14-21(15-17-40)20-6-8-22(9-7-20)26-11-12-29-32(37-26)33(42)25(19-36-29)31(24-18-23(35)10-13-30(24)41)34-38-27-4-2-3-5-28(27)39-34/h2-13,18-19,21,25,31,41H,14-17H2,1H3,(H,38,39). The van der Waals surface area contributed by atoms with Gasteiger partial charge in [0.1, 0.15) is 23.1 Å². The Bertz CT molecular complexity index is 1790. The normalized spacial score (nSPS) is 18.3. The second-order valence-corrected chi connectivity index (χ2v) is 11.3. The highest BCUT2D eigenvalue weighted by Crippen LogP contribution is 2.41. The van der Waals surface area contributed by atoms with Crippen LogP contribution < -0.4 is 0 Å². The molecule has 2 aliphatic heterocycles. The summed E-state index contributed by atoms with van der Waals surface area (Å²) in [4.78, 5) is 33.8. The molecule has 7 nitrogen and oxygen atoms in total. The maximum Gasteiger partial charge on any atom is 0.192 e. The number of aliphatic imine (C=N–C) groups is 1. The van der Waals surface area contributed by atoms with E-state index in [1.165, 1.54) is 23.8 Å². The fourth-order valence-corrected chi connectivity index (χ4v) is 6.19. The maximum atomic E-state index is 14.5. The summed E-state index contributed by atoms with van der Waals surface area (Å²) in [5.41, 5.74) is 5.39. The molecule has 2 atom stereocenters. The molecular weight excluding hydrogens is 529 g/mol. The molecule has 5 aromatic rings. The Morgan fingerprint density at radius 3 is 2.55 bits per heavy atom. The van der Waals surface area contributed by atoms with Crippen molar-refractivity contribution in [2.45, 2.75) is 24.7 Å².